The Labute approximate surface area is 100 Å². The third kappa shape index (κ3) is 2.49. The van der Waals surface area contributed by atoms with E-state index in [-0.39, 0.29) is 0 Å². The molecular formula is C13H16N2S. The Morgan fingerprint density at radius 3 is 2.81 bits per heavy atom. The van der Waals surface area contributed by atoms with Crippen LogP contribution >= 0.6 is 11.3 Å². The van der Waals surface area contributed by atoms with E-state index in [2.05, 4.69) is 41.5 Å². The molecule has 1 heterocycles. The second-order valence-electron chi connectivity index (χ2n) is 3.83. The lowest BCUT2D eigenvalue weighted by atomic mass is 9.99. The SMILES string of the molecule is CNC(Cc1nccs1)c1ccccc1C. The average molecular weight is 232 g/mol. The van der Waals surface area contributed by atoms with Gasteiger partial charge in [0, 0.05) is 24.0 Å². The van der Waals surface area contributed by atoms with Crippen LogP contribution in [0.4, 0.5) is 0 Å². The lowest BCUT2D eigenvalue weighted by molar-refractivity contribution is 0.587. The van der Waals surface area contributed by atoms with Gasteiger partial charge >= 0.3 is 0 Å². The normalized spacial score (nSPS) is 12.6. The molecule has 0 bridgehead atoms. The van der Waals surface area contributed by atoms with E-state index in [0.717, 1.165) is 6.42 Å². The second kappa shape index (κ2) is 5.23. The van der Waals surface area contributed by atoms with E-state index in [1.165, 1.54) is 16.1 Å². The lowest BCUT2D eigenvalue weighted by Gasteiger charge is -2.17. The molecule has 16 heavy (non-hydrogen) atoms. The zero-order valence-electron chi connectivity index (χ0n) is 9.60. The summed E-state index contributed by atoms with van der Waals surface area (Å²) in [6.07, 6.45) is 2.82. The Morgan fingerprint density at radius 1 is 1.38 bits per heavy atom. The predicted octanol–water partition coefficient (Wildman–Crippen LogP) is 2.95. The van der Waals surface area contributed by atoms with Crippen LogP contribution in [-0.2, 0) is 6.42 Å². The van der Waals surface area contributed by atoms with E-state index in [9.17, 15) is 0 Å². The van der Waals surface area contributed by atoms with Crippen molar-refractivity contribution in [3.8, 4) is 0 Å². The van der Waals surface area contributed by atoms with Gasteiger partial charge in [0.05, 0.1) is 5.01 Å². The Bertz CT molecular complexity index is 437. The molecule has 2 rings (SSSR count). The molecule has 0 amide bonds. The van der Waals surface area contributed by atoms with E-state index < -0.39 is 0 Å². The number of nitrogens with zero attached hydrogens (tertiary/aromatic N) is 1. The van der Waals surface area contributed by atoms with Gasteiger partial charge in [0.25, 0.3) is 0 Å². The quantitative estimate of drug-likeness (QED) is 0.876. The molecule has 0 fully saturated rings. The number of thiazole rings is 1. The maximum Gasteiger partial charge on any atom is 0.0943 e. The molecule has 0 spiro atoms. The third-order valence-electron chi connectivity index (χ3n) is 2.77. The highest BCUT2D eigenvalue weighted by molar-refractivity contribution is 7.09. The van der Waals surface area contributed by atoms with Crippen molar-refractivity contribution in [2.24, 2.45) is 0 Å². The minimum atomic E-state index is 0.354. The van der Waals surface area contributed by atoms with Crippen molar-refractivity contribution in [1.82, 2.24) is 10.3 Å². The Morgan fingerprint density at radius 2 is 2.19 bits per heavy atom. The van der Waals surface area contributed by atoms with Crippen LogP contribution in [0, 0.1) is 6.92 Å². The van der Waals surface area contributed by atoms with Crippen molar-refractivity contribution in [1.29, 1.82) is 0 Å². The van der Waals surface area contributed by atoms with Crippen LogP contribution in [0.15, 0.2) is 35.8 Å². The minimum Gasteiger partial charge on any atom is -0.313 e. The summed E-state index contributed by atoms with van der Waals surface area (Å²) in [5.41, 5.74) is 2.69. The molecule has 1 N–H and O–H groups in total. The number of rotatable bonds is 4. The van der Waals surface area contributed by atoms with Gasteiger partial charge in [-0.15, -0.1) is 11.3 Å². The first kappa shape index (κ1) is 11.3. The standard InChI is InChI=1S/C13H16N2S/c1-10-5-3-4-6-11(10)12(14-2)9-13-15-7-8-16-13/h3-8,12,14H,9H2,1-2H3. The number of hydrogen-bond acceptors (Lipinski definition) is 3. The number of nitrogens with one attached hydrogen (secondary N) is 1. The van der Waals surface area contributed by atoms with Gasteiger partial charge in [0.1, 0.15) is 0 Å². The van der Waals surface area contributed by atoms with Gasteiger partial charge in [-0.2, -0.15) is 0 Å². The van der Waals surface area contributed by atoms with Gasteiger partial charge in [0.2, 0.25) is 0 Å². The fraction of sp³-hybridized carbons (Fsp3) is 0.308. The molecule has 1 atom stereocenters. The topological polar surface area (TPSA) is 24.9 Å². The monoisotopic (exact) mass is 232 g/mol. The van der Waals surface area contributed by atoms with Crippen molar-refractivity contribution >= 4 is 11.3 Å². The summed E-state index contributed by atoms with van der Waals surface area (Å²) in [7, 11) is 2.00. The summed E-state index contributed by atoms with van der Waals surface area (Å²) < 4.78 is 0. The maximum atomic E-state index is 4.34. The molecule has 0 aliphatic rings. The first-order valence-corrected chi connectivity index (χ1v) is 6.30. The molecule has 0 aliphatic heterocycles. The molecule has 84 valence electrons. The van der Waals surface area contributed by atoms with Gasteiger partial charge in [0.15, 0.2) is 0 Å². The Balaban J connectivity index is 2.20. The molecule has 2 aromatic rings. The van der Waals surface area contributed by atoms with Crippen molar-refractivity contribution in [3.63, 3.8) is 0 Å². The van der Waals surface area contributed by atoms with Crippen molar-refractivity contribution < 1.29 is 0 Å². The maximum absolute atomic E-state index is 4.34. The highest BCUT2D eigenvalue weighted by Crippen LogP contribution is 2.22. The zero-order valence-corrected chi connectivity index (χ0v) is 10.4. The van der Waals surface area contributed by atoms with Crippen LogP contribution < -0.4 is 5.32 Å². The summed E-state index contributed by atoms with van der Waals surface area (Å²) in [5.74, 6) is 0. The third-order valence-corrected chi connectivity index (χ3v) is 3.58. The van der Waals surface area contributed by atoms with Gasteiger partial charge in [-0.3, -0.25) is 0 Å². The summed E-state index contributed by atoms with van der Waals surface area (Å²) in [6.45, 7) is 2.15. The summed E-state index contributed by atoms with van der Waals surface area (Å²) >= 11 is 1.72. The largest absolute Gasteiger partial charge is 0.313 e. The van der Waals surface area contributed by atoms with Gasteiger partial charge in [-0.25, -0.2) is 4.98 Å². The lowest BCUT2D eigenvalue weighted by Crippen LogP contribution is -2.19. The Hall–Kier alpha value is -1.19. The van der Waals surface area contributed by atoms with Crippen LogP contribution in [0.25, 0.3) is 0 Å². The van der Waals surface area contributed by atoms with Crippen LogP contribution in [-0.4, -0.2) is 12.0 Å². The number of hydrogen-bond donors (Lipinski definition) is 1. The van der Waals surface area contributed by atoms with E-state index in [1.54, 1.807) is 11.3 Å². The smallest absolute Gasteiger partial charge is 0.0943 e. The molecule has 0 aliphatic carbocycles. The fourth-order valence-electron chi connectivity index (χ4n) is 1.87. The van der Waals surface area contributed by atoms with Gasteiger partial charge in [-0.1, -0.05) is 24.3 Å². The van der Waals surface area contributed by atoms with Gasteiger partial charge in [-0.05, 0) is 25.1 Å². The Kier molecular flexibility index (Phi) is 3.70. The first-order chi connectivity index (χ1) is 7.81. The van der Waals surface area contributed by atoms with Crippen molar-refractivity contribution in [3.05, 3.63) is 52.0 Å². The minimum absolute atomic E-state index is 0.354. The van der Waals surface area contributed by atoms with Crippen molar-refractivity contribution in [2.45, 2.75) is 19.4 Å². The van der Waals surface area contributed by atoms with Crippen LogP contribution in [0.5, 0.6) is 0 Å². The number of benzene rings is 1. The molecule has 3 heteroatoms. The van der Waals surface area contributed by atoms with Crippen LogP contribution in [0.3, 0.4) is 0 Å². The van der Waals surface area contributed by atoms with Gasteiger partial charge < -0.3 is 5.32 Å². The average Bonchev–Trinajstić information content (AvgIpc) is 2.80. The molecule has 0 saturated carbocycles. The number of aryl methyl sites for hydroxylation is 1. The highest BCUT2D eigenvalue weighted by Gasteiger charge is 2.12. The molecule has 0 radical (unpaired) electrons. The van der Waals surface area contributed by atoms with Crippen LogP contribution in [0.1, 0.15) is 22.2 Å². The summed E-state index contributed by atoms with van der Waals surface area (Å²) in [4.78, 5) is 4.34. The number of likely N-dealkylation sites (N-methyl/N-ethyl adjacent to an activating group) is 1. The van der Waals surface area contributed by atoms with E-state index in [1.807, 2.05) is 18.6 Å². The molecule has 1 aromatic carbocycles. The molecule has 1 aromatic heterocycles. The molecule has 2 nitrogen and oxygen atoms in total. The van der Waals surface area contributed by atoms with E-state index >= 15 is 0 Å². The van der Waals surface area contributed by atoms with E-state index in [0.29, 0.717) is 6.04 Å². The van der Waals surface area contributed by atoms with Crippen LogP contribution in [0.2, 0.25) is 0 Å². The van der Waals surface area contributed by atoms with Crippen molar-refractivity contribution in [2.75, 3.05) is 7.05 Å². The number of aromatic nitrogens is 1. The predicted molar refractivity (Wildman–Crippen MR) is 68.8 cm³/mol. The highest BCUT2D eigenvalue weighted by atomic mass is 32.1. The fourth-order valence-corrected chi connectivity index (χ4v) is 2.54. The summed E-state index contributed by atoms with van der Waals surface area (Å²) in [5, 5.41) is 6.57. The molecule has 0 saturated heterocycles. The first-order valence-electron chi connectivity index (χ1n) is 5.42. The molecule has 1 unspecified atom stereocenters. The second-order valence-corrected chi connectivity index (χ2v) is 4.81. The summed E-state index contributed by atoms with van der Waals surface area (Å²) in [6, 6.07) is 8.86. The van der Waals surface area contributed by atoms with E-state index in [4.69, 9.17) is 0 Å². The molecular weight excluding hydrogens is 216 g/mol. The zero-order chi connectivity index (χ0) is 11.4.